The zero-order valence-electron chi connectivity index (χ0n) is 13.0. The highest BCUT2D eigenvalue weighted by Gasteiger charge is 2.12. The molecule has 0 saturated heterocycles. The molecular weight excluding hydrogens is 238 g/mol. The molecule has 1 aromatic heterocycles. The van der Waals surface area contributed by atoms with Crippen molar-refractivity contribution >= 4 is 0 Å². The number of rotatable bonds is 9. The van der Waals surface area contributed by atoms with E-state index in [-0.39, 0.29) is 6.10 Å². The molecule has 0 radical (unpaired) electrons. The lowest BCUT2D eigenvalue weighted by atomic mass is 10.2. The lowest BCUT2D eigenvalue weighted by Crippen LogP contribution is -2.33. The molecule has 1 N–H and O–H groups in total. The van der Waals surface area contributed by atoms with E-state index in [9.17, 15) is 0 Å². The smallest absolute Gasteiger partial charge is 0.0641 e. The van der Waals surface area contributed by atoms with Crippen molar-refractivity contribution < 1.29 is 4.74 Å². The Hall–Kier alpha value is -0.870. The average molecular weight is 267 g/mol. The normalized spacial score (nSPS) is 13.4. The summed E-state index contributed by atoms with van der Waals surface area (Å²) >= 11 is 0. The minimum absolute atomic E-state index is 0.276. The number of hydrogen-bond acceptors (Lipinski definition) is 3. The molecule has 19 heavy (non-hydrogen) atoms. The Bertz CT molecular complexity index is 345. The Morgan fingerprint density at radius 2 is 2.00 bits per heavy atom. The fourth-order valence-corrected chi connectivity index (χ4v) is 2.16. The Balaban J connectivity index is 2.55. The summed E-state index contributed by atoms with van der Waals surface area (Å²) in [6.07, 6.45) is 5.55. The van der Waals surface area contributed by atoms with Gasteiger partial charge in [0, 0.05) is 18.7 Å². The molecule has 0 bridgehead atoms. The first-order valence-corrected chi connectivity index (χ1v) is 7.43. The first-order chi connectivity index (χ1) is 9.10. The Morgan fingerprint density at radius 3 is 2.53 bits per heavy atom. The van der Waals surface area contributed by atoms with E-state index in [2.05, 4.69) is 55.1 Å². The van der Waals surface area contributed by atoms with E-state index in [1.165, 1.54) is 0 Å². The predicted octanol–water partition coefficient (Wildman–Crippen LogP) is 2.80. The molecule has 0 aromatic carbocycles. The highest BCUT2D eigenvalue weighted by molar-refractivity contribution is 5.02. The summed E-state index contributed by atoms with van der Waals surface area (Å²) in [5, 5.41) is 7.99. The third-order valence-corrected chi connectivity index (χ3v) is 3.47. The number of ether oxygens (including phenoxy) is 1. The number of aromatic nitrogens is 2. The summed E-state index contributed by atoms with van der Waals surface area (Å²) < 4.78 is 7.77. The molecule has 110 valence electrons. The molecule has 1 aromatic rings. The zero-order valence-corrected chi connectivity index (χ0v) is 13.0. The average Bonchev–Trinajstić information content (AvgIpc) is 2.84. The van der Waals surface area contributed by atoms with Crippen LogP contribution in [0.2, 0.25) is 0 Å². The number of nitrogens with one attached hydrogen (secondary N) is 1. The first kappa shape index (κ1) is 16.2. The van der Waals surface area contributed by atoms with Crippen LogP contribution in [0.25, 0.3) is 0 Å². The lowest BCUT2D eigenvalue weighted by Gasteiger charge is -2.17. The molecule has 4 nitrogen and oxygen atoms in total. The highest BCUT2D eigenvalue weighted by atomic mass is 16.5. The van der Waals surface area contributed by atoms with Crippen LogP contribution in [0.5, 0.6) is 0 Å². The monoisotopic (exact) mass is 267 g/mol. The second-order valence-electron chi connectivity index (χ2n) is 5.33. The fourth-order valence-electron chi connectivity index (χ4n) is 2.16. The summed E-state index contributed by atoms with van der Waals surface area (Å²) in [4.78, 5) is 0. The van der Waals surface area contributed by atoms with Crippen LogP contribution in [0.3, 0.4) is 0 Å². The van der Waals surface area contributed by atoms with E-state index in [4.69, 9.17) is 4.74 Å². The topological polar surface area (TPSA) is 39.1 Å². The third kappa shape index (κ3) is 5.33. The molecule has 0 amide bonds. The Morgan fingerprint density at radius 1 is 1.32 bits per heavy atom. The summed E-state index contributed by atoms with van der Waals surface area (Å²) in [7, 11) is 1.98. The van der Waals surface area contributed by atoms with Crippen molar-refractivity contribution in [2.75, 3.05) is 13.7 Å². The molecule has 1 heterocycles. The summed E-state index contributed by atoms with van der Waals surface area (Å²) in [5.41, 5.74) is 1.14. The van der Waals surface area contributed by atoms with Crippen molar-refractivity contribution in [3.63, 3.8) is 0 Å². The van der Waals surface area contributed by atoms with Gasteiger partial charge in [0.15, 0.2) is 0 Å². The van der Waals surface area contributed by atoms with Gasteiger partial charge < -0.3 is 10.1 Å². The van der Waals surface area contributed by atoms with Gasteiger partial charge in [-0.25, -0.2) is 0 Å². The van der Waals surface area contributed by atoms with Gasteiger partial charge in [-0.05, 0) is 39.8 Å². The van der Waals surface area contributed by atoms with Gasteiger partial charge >= 0.3 is 0 Å². The highest BCUT2D eigenvalue weighted by Crippen LogP contribution is 2.15. The van der Waals surface area contributed by atoms with Gasteiger partial charge in [-0.3, -0.25) is 4.68 Å². The van der Waals surface area contributed by atoms with Gasteiger partial charge in [-0.2, -0.15) is 5.10 Å². The van der Waals surface area contributed by atoms with Gasteiger partial charge in [0.2, 0.25) is 0 Å². The number of likely N-dealkylation sites (N-methyl/N-ethyl adjacent to an activating group) is 1. The molecule has 0 saturated carbocycles. The number of nitrogens with zero attached hydrogens (tertiary/aromatic N) is 2. The van der Waals surface area contributed by atoms with Crippen LogP contribution < -0.4 is 5.32 Å². The van der Waals surface area contributed by atoms with Crippen molar-refractivity contribution in [2.45, 2.75) is 65.1 Å². The fraction of sp³-hybridized carbons (Fsp3) is 0.800. The van der Waals surface area contributed by atoms with Crippen LogP contribution >= 0.6 is 0 Å². The first-order valence-electron chi connectivity index (χ1n) is 7.43. The van der Waals surface area contributed by atoms with Crippen molar-refractivity contribution in [1.29, 1.82) is 0 Å². The summed E-state index contributed by atoms with van der Waals surface area (Å²) in [6, 6.07) is 2.97. The Labute approximate surface area is 117 Å². The van der Waals surface area contributed by atoms with E-state index >= 15 is 0 Å². The maximum atomic E-state index is 5.67. The number of hydrogen-bond donors (Lipinski definition) is 1. The maximum absolute atomic E-state index is 5.67. The van der Waals surface area contributed by atoms with Crippen LogP contribution in [-0.4, -0.2) is 35.6 Å². The van der Waals surface area contributed by atoms with Crippen LogP contribution in [0.15, 0.2) is 12.3 Å². The van der Waals surface area contributed by atoms with Crippen molar-refractivity contribution in [2.24, 2.45) is 0 Å². The summed E-state index contributed by atoms with van der Waals surface area (Å²) in [5.74, 6) is 0. The standard InChI is InChI=1S/C15H29N3O/c1-6-15(7-2)18-9-8-13(17-18)10-14(16-5)11-19-12(3)4/h8-9,12,14-16H,6-7,10-11H2,1-5H3. The second kappa shape index (κ2) is 8.33. The van der Waals surface area contributed by atoms with E-state index in [1.54, 1.807) is 0 Å². The molecule has 0 aliphatic rings. The molecule has 0 aliphatic carbocycles. The molecule has 1 atom stereocenters. The van der Waals surface area contributed by atoms with Crippen molar-refractivity contribution in [3.05, 3.63) is 18.0 Å². The van der Waals surface area contributed by atoms with Gasteiger partial charge in [-0.15, -0.1) is 0 Å². The van der Waals surface area contributed by atoms with Gasteiger partial charge in [0.05, 0.1) is 24.4 Å². The molecule has 0 aliphatic heterocycles. The SMILES string of the molecule is CCC(CC)n1ccc(CC(COC(C)C)NC)n1. The zero-order chi connectivity index (χ0) is 14.3. The predicted molar refractivity (Wildman–Crippen MR) is 79.5 cm³/mol. The summed E-state index contributed by atoms with van der Waals surface area (Å²) in [6.45, 7) is 9.28. The van der Waals surface area contributed by atoms with Gasteiger partial charge in [0.25, 0.3) is 0 Å². The minimum atomic E-state index is 0.276. The van der Waals surface area contributed by atoms with E-state index in [1.807, 2.05) is 7.05 Å². The van der Waals surface area contributed by atoms with E-state index in [0.717, 1.165) is 31.6 Å². The van der Waals surface area contributed by atoms with Crippen molar-refractivity contribution in [1.82, 2.24) is 15.1 Å². The van der Waals surface area contributed by atoms with E-state index in [0.29, 0.717) is 12.1 Å². The molecule has 0 spiro atoms. The molecule has 1 rings (SSSR count). The third-order valence-electron chi connectivity index (χ3n) is 3.47. The van der Waals surface area contributed by atoms with Crippen molar-refractivity contribution in [3.8, 4) is 0 Å². The largest absolute Gasteiger partial charge is 0.377 e. The van der Waals surface area contributed by atoms with Gasteiger partial charge in [0.1, 0.15) is 0 Å². The van der Waals surface area contributed by atoms with Crippen LogP contribution in [0.1, 0.15) is 52.3 Å². The molecule has 4 heteroatoms. The van der Waals surface area contributed by atoms with Crippen LogP contribution in [-0.2, 0) is 11.2 Å². The minimum Gasteiger partial charge on any atom is -0.377 e. The maximum Gasteiger partial charge on any atom is 0.0641 e. The molecular formula is C15H29N3O. The second-order valence-corrected chi connectivity index (χ2v) is 5.33. The molecule has 1 unspecified atom stereocenters. The van der Waals surface area contributed by atoms with Gasteiger partial charge in [-0.1, -0.05) is 13.8 Å². The lowest BCUT2D eigenvalue weighted by molar-refractivity contribution is 0.0625. The Kier molecular flexibility index (Phi) is 7.10. The quantitative estimate of drug-likeness (QED) is 0.748. The van der Waals surface area contributed by atoms with Crippen LogP contribution in [0.4, 0.5) is 0 Å². The van der Waals surface area contributed by atoms with E-state index < -0.39 is 0 Å². The van der Waals surface area contributed by atoms with Crippen LogP contribution in [0, 0.1) is 0 Å². The molecule has 0 fully saturated rings.